The van der Waals surface area contributed by atoms with E-state index in [-0.39, 0.29) is 6.03 Å². The number of pyridine rings is 2. The average molecular weight is 375 g/mol. The number of nitrogens with zero attached hydrogens (tertiary/aromatic N) is 3. The minimum Gasteiger partial charge on any atom is -0.338 e. The number of rotatable bonds is 4. The quantitative estimate of drug-likeness (QED) is 0.548. The van der Waals surface area contributed by atoms with E-state index in [2.05, 4.69) is 31.7 Å². The molecule has 0 spiro atoms. The molecule has 0 saturated carbocycles. The van der Waals surface area contributed by atoms with E-state index in [9.17, 15) is 4.79 Å². The van der Waals surface area contributed by atoms with Crippen molar-refractivity contribution >= 4 is 32.7 Å². The standard InChI is InChI=1S/C20H17N5OS/c1-2-22-19(26)25-20-24-17-11-14(16-7-3-4-9-23-16)10-15(18(17)27-20)13-6-5-8-21-12-13/h3-12H,2H2,1H3,(H2,22,24,25,26). The van der Waals surface area contributed by atoms with Crippen molar-refractivity contribution in [3.63, 3.8) is 0 Å². The maximum Gasteiger partial charge on any atom is 0.321 e. The van der Waals surface area contributed by atoms with Crippen LogP contribution in [0.5, 0.6) is 0 Å². The van der Waals surface area contributed by atoms with E-state index in [1.165, 1.54) is 11.3 Å². The summed E-state index contributed by atoms with van der Waals surface area (Å²) in [5.41, 5.74) is 4.66. The Kier molecular flexibility index (Phi) is 4.76. The molecule has 0 saturated heterocycles. The van der Waals surface area contributed by atoms with Gasteiger partial charge in [-0.3, -0.25) is 15.3 Å². The van der Waals surface area contributed by atoms with Crippen molar-refractivity contribution in [1.82, 2.24) is 20.3 Å². The van der Waals surface area contributed by atoms with Crippen LogP contribution in [0.3, 0.4) is 0 Å². The van der Waals surface area contributed by atoms with Gasteiger partial charge in [0.15, 0.2) is 5.13 Å². The molecular formula is C20H17N5OS. The highest BCUT2D eigenvalue weighted by Crippen LogP contribution is 2.38. The second-order valence-electron chi connectivity index (χ2n) is 5.83. The summed E-state index contributed by atoms with van der Waals surface area (Å²) in [6.07, 6.45) is 5.35. The molecule has 4 aromatic rings. The molecule has 0 aliphatic rings. The van der Waals surface area contributed by atoms with Crippen LogP contribution in [0.2, 0.25) is 0 Å². The second-order valence-corrected chi connectivity index (χ2v) is 6.83. The molecule has 0 radical (unpaired) electrons. The van der Waals surface area contributed by atoms with Gasteiger partial charge in [0.1, 0.15) is 0 Å². The molecule has 0 atom stereocenters. The fourth-order valence-electron chi connectivity index (χ4n) is 2.81. The summed E-state index contributed by atoms with van der Waals surface area (Å²) in [6, 6.07) is 13.6. The number of carbonyl (C=O) groups is 1. The lowest BCUT2D eigenvalue weighted by Gasteiger charge is -2.06. The summed E-state index contributed by atoms with van der Waals surface area (Å²) >= 11 is 1.45. The van der Waals surface area contributed by atoms with Gasteiger partial charge in [-0.15, -0.1) is 0 Å². The first-order chi connectivity index (χ1) is 13.2. The molecule has 1 aromatic carbocycles. The van der Waals surface area contributed by atoms with Gasteiger partial charge in [-0.2, -0.15) is 0 Å². The lowest BCUT2D eigenvalue weighted by molar-refractivity contribution is 0.252. The van der Waals surface area contributed by atoms with Crippen LogP contribution in [-0.4, -0.2) is 27.5 Å². The SMILES string of the molecule is CCNC(=O)Nc1nc2cc(-c3ccccn3)cc(-c3cccnc3)c2s1. The van der Waals surface area contributed by atoms with Gasteiger partial charge in [0, 0.05) is 41.8 Å². The van der Waals surface area contributed by atoms with E-state index in [4.69, 9.17) is 0 Å². The lowest BCUT2D eigenvalue weighted by Crippen LogP contribution is -2.28. The first-order valence-corrected chi connectivity index (χ1v) is 9.37. The molecule has 3 aromatic heterocycles. The molecule has 27 heavy (non-hydrogen) atoms. The Morgan fingerprint density at radius 1 is 1.11 bits per heavy atom. The summed E-state index contributed by atoms with van der Waals surface area (Å²) in [6.45, 7) is 2.43. The Labute approximate surface area is 160 Å². The fourth-order valence-corrected chi connectivity index (χ4v) is 3.78. The predicted octanol–water partition coefficient (Wildman–Crippen LogP) is 4.56. The Balaban J connectivity index is 1.86. The second kappa shape index (κ2) is 7.51. The number of amides is 2. The number of hydrogen-bond donors (Lipinski definition) is 2. The van der Waals surface area contributed by atoms with E-state index in [1.807, 2.05) is 49.5 Å². The van der Waals surface area contributed by atoms with Gasteiger partial charge in [0.25, 0.3) is 0 Å². The van der Waals surface area contributed by atoms with E-state index >= 15 is 0 Å². The van der Waals surface area contributed by atoms with E-state index in [0.717, 1.165) is 32.6 Å². The molecule has 6 nitrogen and oxygen atoms in total. The summed E-state index contributed by atoms with van der Waals surface area (Å²) < 4.78 is 0.995. The first kappa shape index (κ1) is 17.1. The third-order valence-electron chi connectivity index (χ3n) is 3.98. The number of aromatic nitrogens is 3. The maximum absolute atomic E-state index is 11.9. The number of carbonyl (C=O) groups excluding carboxylic acids is 1. The average Bonchev–Trinajstić information content (AvgIpc) is 3.11. The molecule has 0 unspecified atom stereocenters. The molecule has 0 bridgehead atoms. The molecule has 3 heterocycles. The van der Waals surface area contributed by atoms with Crippen molar-refractivity contribution in [3.8, 4) is 22.4 Å². The number of thiazole rings is 1. The number of urea groups is 1. The number of anilines is 1. The largest absolute Gasteiger partial charge is 0.338 e. The minimum atomic E-state index is -0.260. The van der Waals surface area contributed by atoms with Crippen LogP contribution < -0.4 is 10.6 Å². The fraction of sp³-hybridized carbons (Fsp3) is 0.100. The van der Waals surface area contributed by atoms with Crippen molar-refractivity contribution in [2.24, 2.45) is 0 Å². The smallest absolute Gasteiger partial charge is 0.321 e. The van der Waals surface area contributed by atoms with Gasteiger partial charge in [-0.25, -0.2) is 9.78 Å². The third kappa shape index (κ3) is 3.63. The van der Waals surface area contributed by atoms with Crippen LogP contribution >= 0.6 is 11.3 Å². The van der Waals surface area contributed by atoms with E-state index in [1.54, 1.807) is 12.4 Å². The van der Waals surface area contributed by atoms with Crippen molar-refractivity contribution < 1.29 is 4.79 Å². The van der Waals surface area contributed by atoms with Crippen LogP contribution in [0.25, 0.3) is 32.6 Å². The molecule has 0 aliphatic heterocycles. The summed E-state index contributed by atoms with van der Waals surface area (Å²) in [5.74, 6) is 0. The summed E-state index contributed by atoms with van der Waals surface area (Å²) in [5, 5.41) is 6.07. The number of nitrogens with one attached hydrogen (secondary N) is 2. The van der Waals surface area contributed by atoms with Crippen LogP contribution in [0.1, 0.15) is 6.92 Å². The van der Waals surface area contributed by atoms with Gasteiger partial charge >= 0.3 is 6.03 Å². The van der Waals surface area contributed by atoms with Gasteiger partial charge in [0.05, 0.1) is 15.9 Å². The molecule has 2 N–H and O–H groups in total. The zero-order valence-electron chi connectivity index (χ0n) is 14.6. The Morgan fingerprint density at radius 3 is 2.78 bits per heavy atom. The molecule has 134 valence electrons. The van der Waals surface area contributed by atoms with Gasteiger partial charge in [-0.1, -0.05) is 23.5 Å². The van der Waals surface area contributed by atoms with Crippen molar-refractivity contribution in [3.05, 3.63) is 61.1 Å². The first-order valence-electron chi connectivity index (χ1n) is 8.56. The molecule has 0 aliphatic carbocycles. The number of fused-ring (bicyclic) bond motifs is 1. The van der Waals surface area contributed by atoms with Gasteiger partial charge in [0.2, 0.25) is 0 Å². The van der Waals surface area contributed by atoms with Crippen molar-refractivity contribution in [2.75, 3.05) is 11.9 Å². The molecule has 4 rings (SSSR count). The normalized spacial score (nSPS) is 10.7. The van der Waals surface area contributed by atoms with E-state index in [0.29, 0.717) is 11.7 Å². The lowest BCUT2D eigenvalue weighted by atomic mass is 10.0. The monoisotopic (exact) mass is 375 g/mol. The number of hydrogen-bond acceptors (Lipinski definition) is 5. The van der Waals surface area contributed by atoms with Crippen molar-refractivity contribution in [1.29, 1.82) is 0 Å². The van der Waals surface area contributed by atoms with Crippen molar-refractivity contribution in [2.45, 2.75) is 6.92 Å². The Morgan fingerprint density at radius 2 is 2.04 bits per heavy atom. The Hall–Kier alpha value is -3.32. The van der Waals surface area contributed by atoms with E-state index < -0.39 is 0 Å². The molecule has 2 amide bonds. The minimum absolute atomic E-state index is 0.260. The molecule has 0 fully saturated rings. The molecule has 7 heteroatoms. The number of benzene rings is 1. The summed E-state index contributed by atoms with van der Waals surface area (Å²) in [7, 11) is 0. The van der Waals surface area contributed by atoms with Gasteiger partial charge in [-0.05, 0) is 37.3 Å². The van der Waals surface area contributed by atoms with Gasteiger partial charge < -0.3 is 5.32 Å². The Bertz CT molecular complexity index is 1080. The third-order valence-corrected chi connectivity index (χ3v) is 5.00. The maximum atomic E-state index is 11.9. The highest BCUT2D eigenvalue weighted by atomic mass is 32.1. The molecular weight excluding hydrogens is 358 g/mol. The zero-order chi connectivity index (χ0) is 18.6. The van der Waals surface area contributed by atoms with Crippen LogP contribution in [0.4, 0.5) is 9.93 Å². The highest BCUT2D eigenvalue weighted by Gasteiger charge is 2.14. The predicted molar refractivity (Wildman–Crippen MR) is 109 cm³/mol. The van der Waals surface area contributed by atoms with Crippen LogP contribution in [-0.2, 0) is 0 Å². The summed E-state index contributed by atoms with van der Waals surface area (Å²) in [4.78, 5) is 25.2. The highest BCUT2D eigenvalue weighted by molar-refractivity contribution is 7.22. The van der Waals surface area contributed by atoms with Crippen LogP contribution in [0, 0.1) is 0 Å². The zero-order valence-corrected chi connectivity index (χ0v) is 15.5. The topological polar surface area (TPSA) is 79.8 Å². The van der Waals surface area contributed by atoms with Crippen LogP contribution in [0.15, 0.2) is 61.1 Å².